The van der Waals surface area contributed by atoms with Crippen LogP contribution >= 0.6 is 27.5 Å². The molecule has 0 aliphatic carbocycles. The van der Waals surface area contributed by atoms with E-state index in [-0.39, 0.29) is 5.57 Å². The molecule has 0 fully saturated rings. The first-order chi connectivity index (χ1) is 17.9. The number of carbonyl (C=O) groups is 1. The molecule has 4 rings (SSSR count). The van der Waals surface area contributed by atoms with Gasteiger partial charge in [0.25, 0.3) is 5.91 Å². The molecule has 5 nitrogen and oxygen atoms in total. The highest BCUT2D eigenvalue weighted by Crippen LogP contribution is 2.38. The van der Waals surface area contributed by atoms with Crippen molar-refractivity contribution in [3.05, 3.63) is 105 Å². The van der Waals surface area contributed by atoms with Gasteiger partial charge in [0.1, 0.15) is 18.2 Å². The summed E-state index contributed by atoms with van der Waals surface area (Å²) in [5, 5.41) is 15.2. The van der Waals surface area contributed by atoms with Gasteiger partial charge in [-0.25, -0.2) is 0 Å². The number of nitrogens with one attached hydrogen (secondary N) is 1. The molecular formula is C30H24BrClN2O3. The number of hydrogen-bond acceptors (Lipinski definition) is 4. The van der Waals surface area contributed by atoms with E-state index in [4.69, 9.17) is 21.1 Å². The molecule has 1 amide bonds. The fourth-order valence-corrected chi connectivity index (χ4v) is 4.50. The maximum Gasteiger partial charge on any atom is 0.266 e. The zero-order chi connectivity index (χ0) is 26.4. The Bertz CT molecular complexity index is 1540. The summed E-state index contributed by atoms with van der Waals surface area (Å²) >= 11 is 9.71. The molecule has 186 valence electrons. The summed E-state index contributed by atoms with van der Waals surface area (Å²) in [6, 6.07) is 25.0. The summed E-state index contributed by atoms with van der Waals surface area (Å²) in [7, 11) is 0. The summed E-state index contributed by atoms with van der Waals surface area (Å²) in [5.74, 6) is 0.518. The van der Waals surface area contributed by atoms with Gasteiger partial charge >= 0.3 is 0 Å². The second kappa shape index (κ2) is 12.0. The number of nitrogens with zero attached hydrogens (tertiary/aromatic N) is 1. The van der Waals surface area contributed by atoms with Crippen LogP contribution in [-0.4, -0.2) is 12.5 Å². The van der Waals surface area contributed by atoms with Gasteiger partial charge in [-0.2, -0.15) is 5.26 Å². The first kappa shape index (κ1) is 26.3. The van der Waals surface area contributed by atoms with Crippen molar-refractivity contribution in [2.45, 2.75) is 20.5 Å². The number of halogens is 2. The first-order valence-corrected chi connectivity index (χ1v) is 12.8. The third-order valence-electron chi connectivity index (χ3n) is 5.63. The molecule has 37 heavy (non-hydrogen) atoms. The molecule has 7 heteroatoms. The maximum absolute atomic E-state index is 12.7. The van der Waals surface area contributed by atoms with Crippen LogP contribution in [0.15, 0.2) is 82.8 Å². The highest BCUT2D eigenvalue weighted by Gasteiger charge is 2.15. The Balaban J connectivity index is 1.56. The van der Waals surface area contributed by atoms with Crippen molar-refractivity contribution in [1.82, 2.24) is 0 Å². The van der Waals surface area contributed by atoms with Crippen molar-refractivity contribution in [3.8, 4) is 17.6 Å². The Morgan fingerprint density at radius 1 is 1.05 bits per heavy atom. The minimum Gasteiger partial charge on any atom is -0.490 e. The summed E-state index contributed by atoms with van der Waals surface area (Å²) in [5.41, 5.74) is 2.98. The second-order valence-electron chi connectivity index (χ2n) is 8.32. The minimum absolute atomic E-state index is 0.0594. The minimum atomic E-state index is -0.534. The zero-order valence-corrected chi connectivity index (χ0v) is 22.7. The van der Waals surface area contributed by atoms with Gasteiger partial charge in [0.05, 0.1) is 11.1 Å². The molecule has 0 heterocycles. The fraction of sp³-hybridized carbons (Fsp3) is 0.133. The van der Waals surface area contributed by atoms with E-state index in [0.29, 0.717) is 45.5 Å². The van der Waals surface area contributed by atoms with Gasteiger partial charge in [-0.1, -0.05) is 54.1 Å². The Hall–Kier alpha value is -3.79. The van der Waals surface area contributed by atoms with Gasteiger partial charge in [0, 0.05) is 10.7 Å². The monoisotopic (exact) mass is 574 g/mol. The highest BCUT2D eigenvalue weighted by atomic mass is 79.9. The van der Waals surface area contributed by atoms with E-state index in [1.165, 1.54) is 11.5 Å². The smallest absolute Gasteiger partial charge is 0.266 e. The number of hydrogen-bond donors (Lipinski definition) is 1. The predicted molar refractivity (Wildman–Crippen MR) is 152 cm³/mol. The lowest BCUT2D eigenvalue weighted by Gasteiger charge is -2.15. The van der Waals surface area contributed by atoms with E-state index in [2.05, 4.69) is 45.5 Å². The van der Waals surface area contributed by atoms with E-state index in [1.807, 2.05) is 38.1 Å². The Kier molecular flexibility index (Phi) is 8.50. The van der Waals surface area contributed by atoms with Crippen LogP contribution in [0.1, 0.15) is 23.6 Å². The summed E-state index contributed by atoms with van der Waals surface area (Å²) in [6.45, 7) is 4.53. The molecule has 0 spiro atoms. The number of carbonyl (C=O) groups excluding carboxylic acids is 1. The SMILES string of the molecule is CCOc1cc(/C=C(/C#N)C(=O)Nc2ccc(C)c(Cl)c2)cc(Br)c1OCc1ccc2ccccc2c1. The molecule has 1 N–H and O–H groups in total. The number of rotatable bonds is 8. The van der Waals surface area contributed by atoms with Gasteiger partial charge in [-0.15, -0.1) is 0 Å². The van der Waals surface area contributed by atoms with Gasteiger partial charge < -0.3 is 14.8 Å². The predicted octanol–water partition coefficient (Wildman–Crippen LogP) is 8.09. The van der Waals surface area contributed by atoms with Crippen molar-refractivity contribution in [3.63, 3.8) is 0 Å². The molecule has 0 saturated carbocycles. The molecular weight excluding hydrogens is 552 g/mol. The summed E-state index contributed by atoms with van der Waals surface area (Å²) in [6.07, 6.45) is 1.51. The Morgan fingerprint density at radius 3 is 2.57 bits per heavy atom. The van der Waals surface area contributed by atoms with Crippen molar-refractivity contribution in [2.24, 2.45) is 0 Å². The van der Waals surface area contributed by atoms with E-state index in [1.54, 1.807) is 30.3 Å². The lowest BCUT2D eigenvalue weighted by molar-refractivity contribution is -0.112. The fourth-order valence-electron chi connectivity index (χ4n) is 3.74. The lowest BCUT2D eigenvalue weighted by atomic mass is 10.1. The molecule has 0 aromatic heterocycles. The average Bonchev–Trinajstić information content (AvgIpc) is 2.89. The number of amides is 1. The maximum atomic E-state index is 12.7. The molecule has 0 unspecified atom stereocenters. The quantitative estimate of drug-likeness (QED) is 0.170. The molecule has 0 bridgehead atoms. The molecule has 4 aromatic carbocycles. The lowest BCUT2D eigenvalue weighted by Crippen LogP contribution is -2.13. The van der Waals surface area contributed by atoms with Gasteiger partial charge in [0.2, 0.25) is 0 Å². The van der Waals surface area contributed by atoms with Crippen LogP contribution < -0.4 is 14.8 Å². The molecule has 4 aromatic rings. The van der Waals surface area contributed by atoms with Crippen LogP contribution in [0.3, 0.4) is 0 Å². The average molecular weight is 576 g/mol. The summed E-state index contributed by atoms with van der Waals surface area (Å²) < 4.78 is 12.6. The number of fused-ring (bicyclic) bond motifs is 1. The van der Waals surface area contributed by atoms with Crippen LogP contribution in [0.25, 0.3) is 16.8 Å². The van der Waals surface area contributed by atoms with E-state index in [9.17, 15) is 10.1 Å². The van der Waals surface area contributed by atoms with Crippen molar-refractivity contribution in [2.75, 3.05) is 11.9 Å². The third-order valence-corrected chi connectivity index (χ3v) is 6.63. The molecule has 0 aliphatic rings. The van der Waals surface area contributed by atoms with Crippen molar-refractivity contribution >= 4 is 56.0 Å². The number of nitriles is 1. The van der Waals surface area contributed by atoms with Gasteiger partial charge in [-0.05, 0) is 93.6 Å². The summed E-state index contributed by atoms with van der Waals surface area (Å²) in [4.78, 5) is 12.7. The standard InChI is InChI=1S/C30H24BrClN2O3/c1-3-36-28-15-21(13-24(17-33)30(35)34-25-11-8-19(2)27(32)16-25)14-26(31)29(28)37-18-20-9-10-22-6-4-5-7-23(22)12-20/h4-16H,3,18H2,1-2H3,(H,34,35)/b24-13-. The van der Waals surface area contributed by atoms with Crippen molar-refractivity contribution in [1.29, 1.82) is 5.26 Å². The molecule has 0 radical (unpaired) electrons. The Labute approximate surface area is 229 Å². The normalized spacial score (nSPS) is 11.2. The van der Waals surface area contributed by atoms with E-state index in [0.717, 1.165) is 16.5 Å². The first-order valence-electron chi connectivity index (χ1n) is 11.6. The van der Waals surface area contributed by atoms with Gasteiger partial charge in [-0.3, -0.25) is 4.79 Å². The van der Waals surface area contributed by atoms with Crippen LogP contribution in [-0.2, 0) is 11.4 Å². The second-order valence-corrected chi connectivity index (χ2v) is 9.58. The molecule has 0 saturated heterocycles. The largest absolute Gasteiger partial charge is 0.490 e. The van der Waals surface area contributed by atoms with Crippen LogP contribution in [0, 0.1) is 18.3 Å². The number of ether oxygens (including phenoxy) is 2. The highest BCUT2D eigenvalue weighted by molar-refractivity contribution is 9.10. The van der Waals surface area contributed by atoms with E-state index >= 15 is 0 Å². The van der Waals surface area contributed by atoms with E-state index < -0.39 is 5.91 Å². The van der Waals surface area contributed by atoms with Gasteiger partial charge in [0.15, 0.2) is 11.5 Å². The number of aryl methyl sites for hydroxylation is 1. The number of benzene rings is 4. The molecule has 0 atom stereocenters. The third kappa shape index (κ3) is 6.51. The van der Waals surface area contributed by atoms with Crippen molar-refractivity contribution < 1.29 is 14.3 Å². The van der Waals surface area contributed by atoms with Crippen LogP contribution in [0.5, 0.6) is 11.5 Å². The number of anilines is 1. The van der Waals surface area contributed by atoms with Crippen LogP contribution in [0.4, 0.5) is 5.69 Å². The Morgan fingerprint density at radius 2 is 1.84 bits per heavy atom. The van der Waals surface area contributed by atoms with Crippen LogP contribution in [0.2, 0.25) is 5.02 Å². The molecule has 0 aliphatic heterocycles. The zero-order valence-electron chi connectivity index (χ0n) is 20.3. The topological polar surface area (TPSA) is 71.3 Å².